The lowest BCUT2D eigenvalue weighted by Gasteiger charge is -2.36. The highest BCUT2D eigenvalue weighted by Gasteiger charge is 2.24. The highest BCUT2D eigenvalue weighted by molar-refractivity contribution is 6.04. The number of carbonyl (C=O) groups is 2. The Morgan fingerprint density at radius 1 is 0.774 bits per heavy atom. The zero-order valence-electron chi connectivity index (χ0n) is 16.7. The van der Waals surface area contributed by atoms with Gasteiger partial charge >= 0.3 is 0 Å². The number of hydrogen-bond acceptors (Lipinski definition) is 3. The van der Waals surface area contributed by atoms with Crippen LogP contribution in [0.25, 0.3) is 0 Å². The Labute approximate surface area is 178 Å². The minimum atomic E-state index is -0.506. The summed E-state index contributed by atoms with van der Waals surface area (Å²) >= 11 is 0. The second-order valence-electron chi connectivity index (χ2n) is 7.27. The molecule has 31 heavy (non-hydrogen) atoms. The van der Waals surface area contributed by atoms with Crippen molar-refractivity contribution >= 4 is 23.2 Å². The molecule has 1 aliphatic rings. The van der Waals surface area contributed by atoms with Crippen LogP contribution in [0.5, 0.6) is 0 Å². The molecule has 5 nitrogen and oxygen atoms in total. The molecule has 3 aromatic rings. The van der Waals surface area contributed by atoms with E-state index in [0.717, 1.165) is 5.69 Å². The summed E-state index contributed by atoms with van der Waals surface area (Å²) in [6.07, 6.45) is 0. The van der Waals surface area contributed by atoms with Crippen LogP contribution >= 0.6 is 0 Å². The average Bonchev–Trinajstić information content (AvgIpc) is 2.80. The summed E-state index contributed by atoms with van der Waals surface area (Å²) in [6.45, 7) is 2.25. The number of piperazine rings is 1. The molecular weight excluding hydrogens is 400 g/mol. The van der Waals surface area contributed by atoms with Crippen molar-refractivity contribution in [2.24, 2.45) is 0 Å². The molecular formula is C24H21F2N3O2. The van der Waals surface area contributed by atoms with E-state index in [9.17, 15) is 18.4 Å². The molecule has 0 radical (unpaired) electrons. The third kappa shape index (κ3) is 4.71. The molecule has 0 aliphatic carbocycles. The van der Waals surface area contributed by atoms with E-state index < -0.39 is 11.6 Å². The lowest BCUT2D eigenvalue weighted by molar-refractivity contribution is 0.0742. The van der Waals surface area contributed by atoms with Gasteiger partial charge in [0.1, 0.15) is 11.6 Å². The zero-order valence-corrected chi connectivity index (χ0v) is 16.7. The SMILES string of the molecule is O=C(Nc1ccc(N2CCN(C(=O)c3ccccc3F)CC2)cc1)c1ccc(F)cc1. The van der Waals surface area contributed by atoms with Gasteiger partial charge in [0.15, 0.2) is 0 Å². The van der Waals surface area contributed by atoms with Gasteiger partial charge in [-0.2, -0.15) is 0 Å². The van der Waals surface area contributed by atoms with Crippen LogP contribution in [-0.4, -0.2) is 42.9 Å². The summed E-state index contributed by atoms with van der Waals surface area (Å²) in [5.74, 6) is -1.51. The molecule has 1 N–H and O–H groups in total. The quantitative estimate of drug-likeness (QED) is 0.688. The van der Waals surface area contributed by atoms with Gasteiger partial charge in [-0.15, -0.1) is 0 Å². The van der Waals surface area contributed by atoms with Crippen molar-refractivity contribution < 1.29 is 18.4 Å². The van der Waals surface area contributed by atoms with Gasteiger partial charge in [-0.05, 0) is 60.7 Å². The summed E-state index contributed by atoms with van der Waals surface area (Å²) in [5.41, 5.74) is 2.07. The van der Waals surface area contributed by atoms with E-state index in [1.807, 2.05) is 12.1 Å². The Balaban J connectivity index is 1.34. The first-order chi connectivity index (χ1) is 15.0. The predicted molar refractivity (Wildman–Crippen MR) is 115 cm³/mol. The van der Waals surface area contributed by atoms with Crippen LogP contribution in [0.4, 0.5) is 20.2 Å². The van der Waals surface area contributed by atoms with E-state index in [0.29, 0.717) is 37.4 Å². The molecule has 0 aromatic heterocycles. The van der Waals surface area contributed by atoms with Crippen molar-refractivity contribution in [2.75, 3.05) is 36.4 Å². The molecule has 4 rings (SSSR count). The average molecular weight is 421 g/mol. The van der Waals surface area contributed by atoms with Crippen LogP contribution in [-0.2, 0) is 0 Å². The minimum Gasteiger partial charge on any atom is -0.368 e. The molecule has 7 heteroatoms. The Kier molecular flexibility index (Phi) is 5.93. The number of amides is 2. The molecule has 2 amide bonds. The first-order valence-electron chi connectivity index (χ1n) is 9.97. The number of benzene rings is 3. The van der Waals surface area contributed by atoms with Gasteiger partial charge in [0.2, 0.25) is 0 Å². The van der Waals surface area contributed by atoms with Crippen molar-refractivity contribution in [2.45, 2.75) is 0 Å². The maximum absolute atomic E-state index is 13.9. The fourth-order valence-corrected chi connectivity index (χ4v) is 3.53. The molecule has 0 saturated carbocycles. The summed E-state index contributed by atoms with van der Waals surface area (Å²) in [6, 6.07) is 18.8. The number of carbonyl (C=O) groups excluding carboxylic acids is 2. The number of hydrogen-bond donors (Lipinski definition) is 1. The van der Waals surface area contributed by atoms with Gasteiger partial charge in [0, 0.05) is 43.1 Å². The van der Waals surface area contributed by atoms with E-state index >= 15 is 0 Å². The Bertz CT molecular complexity index is 1080. The molecule has 0 spiro atoms. The van der Waals surface area contributed by atoms with E-state index in [2.05, 4.69) is 10.2 Å². The first kappa shape index (κ1) is 20.5. The first-order valence-corrected chi connectivity index (χ1v) is 9.97. The third-order valence-electron chi connectivity index (χ3n) is 5.27. The van der Waals surface area contributed by atoms with E-state index in [1.54, 1.807) is 29.2 Å². The molecule has 3 aromatic carbocycles. The largest absolute Gasteiger partial charge is 0.368 e. The van der Waals surface area contributed by atoms with Crippen LogP contribution in [0.2, 0.25) is 0 Å². The van der Waals surface area contributed by atoms with Gasteiger partial charge in [0.25, 0.3) is 11.8 Å². The molecule has 158 valence electrons. The molecule has 0 atom stereocenters. The molecule has 1 fully saturated rings. The normalized spacial score (nSPS) is 13.7. The fraction of sp³-hybridized carbons (Fsp3) is 0.167. The third-order valence-corrected chi connectivity index (χ3v) is 5.27. The van der Waals surface area contributed by atoms with Crippen LogP contribution < -0.4 is 10.2 Å². The second kappa shape index (κ2) is 8.95. The highest BCUT2D eigenvalue weighted by atomic mass is 19.1. The van der Waals surface area contributed by atoms with Gasteiger partial charge in [-0.3, -0.25) is 9.59 Å². The van der Waals surface area contributed by atoms with Crippen LogP contribution in [0.1, 0.15) is 20.7 Å². The lowest BCUT2D eigenvalue weighted by atomic mass is 10.1. The van der Waals surface area contributed by atoms with Crippen molar-refractivity contribution in [3.63, 3.8) is 0 Å². The maximum Gasteiger partial charge on any atom is 0.256 e. The van der Waals surface area contributed by atoms with Gasteiger partial charge < -0.3 is 15.1 Å². The second-order valence-corrected chi connectivity index (χ2v) is 7.27. The minimum absolute atomic E-state index is 0.0946. The number of nitrogens with one attached hydrogen (secondary N) is 1. The molecule has 0 unspecified atom stereocenters. The topological polar surface area (TPSA) is 52.7 Å². The van der Waals surface area contributed by atoms with Crippen molar-refractivity contribution in [1.82, 2.24) is 4.90 Å². The summed E-state index contributed by atoms with van der Waals surface area (Å²) in [7, 11) is 0. The van der Waals surface area contributed by atoms with Crippen LogP contribution in [0.15, 0.2) is 72.8 Å². The van der Waals surface area contributed by atoms with Gasteiger partial charge in [-0.1, -0.05) is 12.1 Å². The number of halogens is 2. The van der Waals surface area contributed by atoms with Crippen molar-refractivity contribution in [1.29, 1.82) is 0 Å². The van der Waals surface area contributed by atoms with E-state index in [4.69, 9.17) is 0 Å². The summed E-state index contributed by atoms with van der Waals surface area (Å²) in [4.78, 5) is 28.6. The Morgan fingerprint density at radius 3 is 2.06 bits per heavy atom. The van der Waals surface area contributed by atoms with Crippen LogP contribution in [0.3, 0.4) is 0 Å². The molecule has 1 heterocycles. The highest BCUT2D eigenvalue weighted by Crippen LogP contribution is 2.21. The standard InChI is InChI=1S/C24H21F2N3O2/c25-18-7-5-17(6-8-18)23(30)27-19-9-11-20(12-10-19)28-13-15-29(16-14-28)24(31)21-3-1-2-4-22(21)26/h1-12H,13-16H2,(H,27,30). The zero-order chi connectivity index (χ0) is 21.8. The van der Waals surface area contributed by atoms with E-state index in [-0.39, 0.29) is 17.4 Å². The summed E-state index contributed by atoms with van der Waals surface area (Å²) < 4.78 is 26.9. The predicted octanol–water partition coefficient (Wildman–Crippen LogP) is 4.18. The molecule has 1 saturated heterocycles. The number of nitrogens with zero attached hydrogens (tertiary/aromatic N) is 2. The lowest BCUT2D eigenvalue weighted by Crippen LogP contribution is -2.49. The van der Waals surface area contributed by atoms with Crippen molar-refractivity contribution in [3.05, 3.63) is 95.6 Å². The fourth-order valence-electron chi connectivity index (χ4n) is 3.53. The summed E-state index contributed by atoms with van der Waals surface area (Å²) in [5, 5.41) is 2.78. The number of anilines is 2. The van der Waals surface area contributed by atoms with E-state index in [1.165, 1.54) is 36.4 Å². The number of rotatable bonds is 4. The monoisotopic (exact) mass is 421 g/mol. The molecule has 1 aliphatic heterocycles. The van der Waals surface area contributed by atoms with Gasteiger partial charge in [0.05, 0.1) is 5.56 Å². The van der Waals surface area contributed by atoms with Crippen LogP contribution in [0, 0.1) is 11.6 Å². The smallest absolute Gasteiger partial charge is 0.256 e. The van der Waals surface area contributed by atoms with Crippen molar-refractivity contribution in [3.8, 4) is 0 Å². The maximum atomic E-state index is 13.9. The Hall–Kier alpha value is -3.74. The Morgan fingerprint density at radius 2 is 1.42 bits per heavy atom. The molecule has 0 bridgehead atoms. The van der Waals surface area contributed by atoms with Gasteiger partial charge in [-0.25, -0.2) is 8.78 Å².